The number of hydrogen-bond donors (Lipinski definition) is 1. The Morgan fingerprint density at radius 2 is 1.87 bits per heavy atom. The molecule has 2 aliphatic heterocycles. The molecule has 3 rings (SSSR count). The highest BCUT2D eigenvalue weighted by molar-refractivity contribution is 6.05. The predicted octanol–water partition coefficient (Wildman–Crippen LogP) is 2.60. The normalized spacial score (nSPS) is 20.1. The SMILES string of the molecule is CC.CC(C)c1ccc2c(c1)C(=O)N(C1CCC(=O)NC1=O)C2. The Kier molecular flexibility index (Phi) is 5.19. The van der Waals surface area contributed by atoms with Crippen molar-refractivity contribution in [3.8, 4) is 0 Å². The Morgan fingerprint density at radius 1 is 1.17 bits per heavy atom. The van der Waals surface area contributed by atoms with E-state index < -0.39 is 6.04 Å². The molecule has 0 spiro atoms. The van der Waals surface area contributed by atoms with Crippen molar-refractivity contribution in [1.82, 2.24) is 10.2 Å². The molecule has 2 heterocycles. The first-order valence-electron chi connectivity index (χ1n) is 8.25. The van der Waals surface area contributed by atoms with Gasteiger partial charge in [-0.3, -0.25) is 19.7 Å². The van der Waals surface area contributed by atoms with E-state index in [-0.39, 0.29) is 24.1 Å². The summed E-state index contributed by atoms with van der Waals surface area (Å²) in [6.45, 7) is 8.61. The van der Waals surface area contributed by atoms with Crippen molar-refractivity contribution in [2.75, 3.05) is 0 Å². The molecule has 0 saturated carbocycles. The predicted molar refractivity (Wildman–Crippen MR) is 87.9 cm³/mol. The first-order valence-corrected chi connectivity index (χ1v) is 8.25. The van der Waals surface area contributed by atoms with Crippen molar-refractivity contribution in [2.45, 2.75) is 59.0 Å². The minimum atomic E-state index is -0.537. The van der Waals surface area contributed by atoms with Gasteiger partial charge in [0.2, 0.25) is 11.8 Å². The number of carbonyl (C=O) groups is 3. The highest BCUT2D eigenvalue weighted by Crippen LogP contribution is 2.29. The smallest absolute Gasteiger partial charge is 0.255 e. The van der Waals surface area contributed by atoms with Crippen molar-refractivity contribution < 1.29 is 14.4 Å². The Balaban J connectivity index is 0.000000924. The zero-order valence-corrected chi connectivity index (χ0v) is 14.2. The largest absolute Gasteiger partial charge is 0.322 e. The van der Waals surface area contributed by atoms with Crippen molar-refractivity contribution in [3.05, 3.63) is 34.9 Å². The van der Waals surface area contributed by atoms with Crippen molar-refractivity contribution in [2.24, 2.45) is 0 Å². The van der Waals surface area contributed by atoms with E-state index in [1.165, 1.54) is 0 Å². The van der Waals surface area contributed by atoms with E-state index in [1.54, 1.807) is 4.90 Å². The van der Waals surface area contributed by atoms with Gasteiger partial charge < -0.3 is 4.90 Å². The summed E-state index contributed by atoms with van der Waals surface area (Å²) in [6, 6.07) is 5.39. The highest BCUT2D eigenvalue weighted by atomic mass is 16.2. The molecule has 1 saturated heterocycles. The molecule has 2 aliphatic rings. The van der Waals surface area contributed by atoms with Crippen LogP contribution in [0, 0.1) is 0 Å². The van der Waals surface area contributed by atoms with E-state index in [2.05, 4.69) is 19.2 Å². The maximum Gasteiger partial charge on any atom is 0.255 e. The van der Waals surface area contributed by atoms with Gasteiger partial charge in [0.05, 0.1) is 0 Å². The number of nitrogens with one attached hydrogen (secondary N) is 1. The van der Waals surface area contributed by atoms with Crippen LogP contribution in [-0.2, 0) is 16.1 Å². The van der Waals surface area contributed by atoms with Crippen LogP contribution in [-0.4, -0.2) is 28.7 Å². The van der Waals surface area contributed by atoms with Crippen LogP contribution in [0.1, 0.15) is 67.9 Å². The number of piperidine rings is 1. The molecule has 1 N–H and O–H groups in total. The van der Waals surface area contributed by atoms with Crippen LogP contribution < -0.4 is 5.32 Å². The molecular formula is C18H24N2O3. The number of benzene rings is 1. The Hall–Kier alpha value is -2.17. The number of amides is 3. The third-order valence-corrected chi connectivity index (χ3v) is 4.22. The summed E-state index contributed by atoms with van der Waals surface area (Å²) in [5, 5.41) is 2.31. The maximum atomic E-state index is 12.6. The second-order valence-electron chi connectivity index (χ2n) is 5.97. The number of fused-ring (bicyclic) bond motifs is 1. The number of rotatable bonds is 2. The lowest BCUT2D eigenvalue weighted by Gasteiger charge is -2.29. The number of imide groups is 1. The zero-order valence-electron chi connectivity index (χ0n) is 14.2. The monoisotopic (exact) mass is 316 g/mol. The van der Waals surface area contributed by atoms with Crippen LogP contribution in [0.2, 0.25) is 0 Å². The van der Waals surface area contributed by atoms with Gasteiger partial charge in [0.1, 0.15) is 6.04 Å². The summed E-state index contributed by atoms with van der Waals surface area (Å²) in [5.74, 6) is -0.381. The number of nitrogens with zero attached hydrogens (tertiary/aromatic N) is 1. The topological polar surface area (TPSA) is 66.5 Å². The first-order chi connectivity index (χ1) is 11.0. The Bertz CT molecular complexity index is 637. The summed E-state index contributed by atoms with van der Waals surface area (Å²) >= 11 is 0. The van der Waals surface area contributed by atoms with Crippen molar-refractivity contribution >= 4 is 17.7 Å². The lowest BCUT2D eigenvalue weighted by Crippen LogP contribution is -2.52. The van der Waals surface area contributed by atoms with Gasteiger partial charge in [0, 0.05) is 18.5 Å². The molecule has 5 nitrogen and oxygen atoms in total. The maximum absolute atomic E-state index is 12.6. The average molecular weight is 316 g/mol. The molecule has 1 fully saturated rings. The van der Waals surface area contributed by atoms with Gasteiger partial charge in [-0.1, -0.05) is 39.8 Å². The molecule has 1 aromatic rings. The zero-order chi connectivity index (χ0) is 17.1. The minimum Gasteiger partial charge on any atom is -0.322 e. The molecule has 0 bridgehead atoms. The second-order valence-corrected chi connectivity index (χ2v) is 5.97. The average Bonchev–Trinajstić information content (AvgIpc) is 2.86. The standard InChI is InChI=1S/C16H18N2O3.C2H6/c1-9(2)10-3-4-11-8-18(16(21)12(11)7-10)13-5-6-14(19)17-15(13)20;1-2/h3-4,7,9,13H,5-6,8H2,1-2H3,(H,17,19,20);1-2H3. The minimum absolute atomic E-state index is 0.109. The fraction of sp³-hybridized carbons (Fsp3) is 0.500. The van der Waals surface area contributed by atoms with Gasteiger partial charge in [0.15, 0.2) is 0 Å². The van der Waals surface area contributed by atoms with E-state index in [9.17, 15) is 14.4 Å². The van der Waals surface area contributed by atoms with Gasteiger partial charge in [-0.25, -0.2) is 0 Å². The molecule has 0 aromatic heterocycles. The molecule has 3 amide bonds. The number of carbonyl (C=O) groups excluding carboxylic acids is 3. The van der Waals surface area contributed by atoms with Crippen LogP contribution in [0.15, 0.2) is 18.2 Å². The van der Waals surface area contributed by atoms with Crippen LogP contribution >= 0.6 is 0 Å². The quantitative estimate of drug-likeness (QED) is 0.853. The summed E-state index contributed by atoms with van der Waals surface area (Å²) in [6.07, 6.45) is 0.690. The van der Waals surface area contributed by atoms with Crippen LogP contribution in [0.25, 0.3) is 0 Å². The van der Waals surface area contributed by atoms with Gasteiger partial charge >= 0.3 is 0 Å². The molecule has 1 aromatic carbocycles. The van der Waals surface area contributed by atoms with E-state index in [0.29, 0.717) is 24.4 Å². The van der Waals surface area contributed by atoms with Crippen LogP contribution in [0.4, 0.5) is 0 Å². The molecule has 0 radical (unpaired) electrons. The fourth-order valence-corrected chi connectivity index (χ4v) is 2.93. The third-order valence-electron chi connectivity index (χ3n) is 4.22. The van der Waals surface area contributed by atoms with Crippen molar-refractivity contribution in [1.29, 1.82) is 0 Å². The summed E-state index contributed by atoms with van der Waals surface area (Å²) < 4.78 is 0. The summed E-state index contributed by atoms with van der Waals surface area (Å²) in [4.78, 5) is 37.3. The first kappa shape index (κ1) is 17.2. The molecule has 0 aliphatic carbocycles. The van der Waals surface area contributed by atoms with E-state index in [0.717, 1.165) is 11.1 Å². The highest BCUT2D eigenvalue weighted by Gasteiger charge is 2.39. The lowest BCUT2D eigenvalue weighted by atomic mass is 9.98. The molecule has 5 heteroatoms. The molecule has 1 unspecified atom stereocenters. The Morgan fingerprint density at radius 3 is 2.48 bits per heavy atom. The Labute approximate surface area is 137 Å². The van der Waals surface area contributed by atoms with Crippen LogP contribution in [0.5, 0.6) is 0 Å². The summed E-state index contributed by atoms with van der Waals surface area (Å²) in [5.41, 5.74) is 2.76. The van der Waals surface area contributed by atoms with Crippen LogP contribution in [0.3, 0.4) is 0 Å². The van der Waals surface area contributed by atoms with Gasteiger partial charge in [-0.05, 0) is 29.5 Å². The van der Waals surface area contributed by atoms with Crippen molar-refractivity contribution in [3.63, 3.8) is 0 Å². The van der Waals surface area contributed by atoms with E-state index >= 15 is 0 Å². The fourth-order valence-electron chi connectivity index (χ4n) is 2.93. The van der Waals surface area contributed by atoms with Gasteiger partial charge in [-0.2, -0.15) is 0 Å². The molecule has 1 atom stereocenters. The lowest BCUT2D eigenvalue weighted by molar-refractivity contribution is -0.136. The second kappa shape index (κ2) is 6.94. The molecule has 124 valence electrons. The molecule has 23 heavy (non-hydrogen) atoms. The van der Waals surface area contributed by atoms with Gasteiger partial charge in [-0.15, -0.1) is 0 Å². The summed E-state index contributed by atoms with van der Waals surface area (Å²) in [7, 11) is 0. The third kappa shape index (κ3) is 3.28. The van der Waals surface area contributed by atoms with Gasteiger partial charge in [0.25, 0.3) is 5.91 Å². The molecular weight excluding hydrogens is 292 g/mol. The van der Waals surface area contributed by atoms with E-state index in [1.807, 2.05) is 32.0 Å². The van der Waals surface area contributed by atoms with E-state index in [4.69, 9.17) is 0 Å². The number of hydrogen-bond acceptors (Lipinski definition) is 3.